The van der Waals surface area contributed by atoms with Crippen molar-refractivity contribution in [1.82, 2.24) is 0 Å². The average Bonchev–Trinajstić information content (AvgIpc) is 2.21. The number of hydrogen-bond acceptors (Lipinski definition) is 4. The van der Waals surface area contributed by atoms with Gasteiger partial charge in [-0.05, 0) is 13.8 Å². The van der Waals surface area contributed by atoms with Crippen LogP contribution in [0.2, 0.25) is 0 Å². The molecule has 0 aliphatic rings. The summed E-state index contributed by atoms with van der Waals surface area (Å²) in [4.78, 5) is 0. The Morgan fingerprint density at radius 3 is 1.40 bits per heavy atom. The van der Waals surface area contributed by atoms with E-state index in [2.05, 4.69) is 0 Å². The number of allylic oxidation sites excluding steroid dienone is 2. The lowest BCUT2D eigenvalue weighted by Crippen LogP contribution is -2.53. The molecule has 0 amide bonds. The molecule has 0 aromatic carbocycles. The monoisotopic (exact) mass is 216 g/mol. The van der Waals surface area contributed by atoms with Crippen LogP contribution in [0.25, 0.3) is 0 Å². The van der Waals surface area contributed by atoms with Gasteiger partial charge < -0.3 is 20.4 Å². The van der Waals surface area contributed by atoms with E-state index >= 15 is 0 Å². The molecule has 0 heterocycles. The van der Waals surface area contributed by atoms with Gasteiger partial charge in [-0.25, -0.2) is 0 Å². The van der Waals surface area contributed by atoms with Gasteiger partial charge in [0.15, 0.2) is 0 Å². The average molecular weight is 216 g/mol. The number of rotatable bonds is 6. The number of aliphatic hydroxyl groups is 4. The molecule has 88 valence electrons. The van der Waals surface area contributed by atoms with Crippen LogP contribution in [0.5, 0.6) is 0 Å². The summed E-state index contributed by atoms with van der Waals surface area (Å²) >= 11 is 0. The lowest BCUT2D eigenvalue weighted by atomic mass is 9.72. The van der Waals surface area contributed by atoms with Crippen LogP contribution >= 0.6 is 0 Å². The molecule has 15 heavy (non-hydrogen) atoms. The number of aliphatic hydroxyl groups excluding tert-OH is 3. The van der Waals surface area contributed by atoms with Crippen LogP contribution in [0.1, 0.15) is 13.8 Å². The maximum atomic E-state index is 10.3. The van der Waals surface area contributed by atoms with Crippen molar-refractivity contribution in [3.8, 4) is 0 Å². The van der Waals surface area contributed by atoms with Gasteiger partial charge in [0.25, 0.3) is 0 Å². The van der Waals surface area contributed by atoms with E-state index in [1.165, 1.54) is 12.2 Å². The molecule has 0 fully saturated rings. The van der Waals surface area contributed by atoms with Crippen molar-refractivity contribution >= 4 is 0 Å². The van der Waals surface area contributed by atoms with Gasteiger partial charge >= 0.3 is 0 Å². The molecule has 0 bridgehead atoms. The predicted octanol–water partition coefficient (Wildman–Crippen LogP) is -0.167. The minimum absolute atomic E-state index is 0.509. The topological polar surface area (TPSA) is 80.9 Å². The smallest absolute Gasteiger partial charge is 0.113 e. The van der Waals surface area contributed by atoms with E-state index in [1.54, 1.807) is 26.0 Å². The van der Waals surface area contributed by atoms with Crippen molar-refractivity contribution in [3.05, 3.63) is 24.3 Å². The largest absolute Gasteiger partial charge is 0.395 e. The van der Waals surface area contributed by atoms with Gasteiger partial charge in [0.1, 0.15) is 5.60 Å². The van der Waals surface area contributed by atoms with Crippen LogP contribution in [0.15, 0.2) is 24.3 Å². The molecule has 0 spiro atoms. The summed E-state index contributed by atoms with van der Waals surface area (Å²) in [5.74, 6) is 0. The van der Waals surface area contributed by atoms with Gasteiger partial charge in [-0.3, -0.25) is 0 Å². The molecular formula is C11H20O4. The molecule has 0 aliphatic carbocycles. The van der Waals surface area contributed by atoms with E-state index in [4.69, 9.17) is 0 Å². The third-order valence-electron chi connectivity index (χ3n) is 2.60. The van der Waals surface area contributed by atoms with Crippen molar-refractivity contribution in [2.45, 2.75) is 19.4 Å². The van der Waals surface area contributed by atoms with Gasteiger partial charge in [-0.1, -0.05) is 24.3 Å². The van der Waals surface area contributed by atoms with E-state index in [9.17, 15) is 20.4 Å². The summed E-state index contributed by atoms with van der Waals surface area (Å²) in [5.41, 5.74) is -2.92. The van der Waals surface area contributed by atoms with Crippen molar-refractivity contribution in [2.75, 3.05) is 19.8 Å². The highest BCUT2D eigenvalue weighted by molar-refractivity contribution is 5.21. The van der Waals surface area contributed by atoms with Gasteiger partial charge in [0.05, 0.1) is 25.2 Å². The number of hydrogen-bond donors (Lipinski definition) is 4. The van der Waals surface area contributed by atoms with Gasteiger partial charge in [-0.15, -0.1) is 0 Å². The molecule has 0 aromatic heterocycles. The Morgan fingerprint density at radius 1 is 0.867 bits per heavy atom. The summed E-state index contributed by atoms with van der Waals surface area (Å²) in [6.45, 7) is 1.90. The van der Waals surface area contributed by atoms with Gasteiger partial charge in [0, 0.05) is 0 Å². The maximum Gasteiger partial charge on any atom is 0.113 e. The fraction of sp³-hybridized carbons (Fsp3) is 0.636. The first-order valence-electron chi connectivity index (χ1n) is 4.88. The SMILES string of the molecule is CC=CC(O)(C=CC)C(CO)(CO)CO. The fourth-order valence-corrected chi connectivity index (χ4v) is 1.45. The fourth-order valence-electron chi connectivity index (χ4n) is 1.45. The van der Waals surface area contributed by atoms with E-state index in [1.807, 2.05) is 0 Å². The first-order chi connectivity index (χ1) is 7.05. The molecule has 0 unspecified atom stereocenters. The highest BCUT2D eigenvalue weighted by atomic mass is 16.3. The summed E-state index contributed by atoms with van der Waals surface area (Å²) < 4.78 is 0. The second kappa shape index (κ2) is 6.02. The van der Waals surface area contributed by atoms with Crippen LogP contribution in [-0.4, -0.2) is 45.8 Å². The van der Waals surface area contributed by atoms with E-state index in [-0.39, 0.29) is 0 Å². The quantitative estimate of drug-likeness (QED) is 0.465. The molecule has 0 atom stereocenters. The zero-order chi connectivity index (χ0) is 11.9. The molecule has 4 heteroatoms. The predicted molar refractivity (Wildman–Crippen MR) is 58.3 cm³/mol. The van der Waals surface area contributed by atoms with Crippen LogP contribution in [0.3, 0.4) is 0 Å². The van der Waals surface area contributed by atoms with Crippen molar-refractivity contribution in [2.24, 2.45) is 5.41 Å². The third kappa shape index (κ3) is 2.66. The van der Waals surface area contributed by atoms with E-state index in [0.29, 0.717) is 0 Å². The summed E-state index contributed by atoms with van der Waals surface area (Å²) in [7, 11) is 0. The van der Waals surface area contributed by atoms with E-state index in [0.717, 1.165) is 0 Å². The Bertz CT molecular complexity index is 208. The Balaban J connectivity index is 5.35. The first kappa shape index (κ1) is 14.3. The second-order valence-corrected chi connectivity index (χ2v) is 3.58. The van der Waals surface area contributed by atoms with Crippen LogP contribution in [0.4, 0.5) is 0 Å². The maximum absolute atomic E-state index is 10.3. The van der Waals surface area contributed by atoms with E-state index < -0.39 is 30.8 Å². The van der Waals surface area contributed by atoms with Crippen LogP contribution in [-0.2, 0) is 0 Å². The van der Waals surface area contributed by atoms with Crippen LogP contribution < -0.4 is 0 Å². The zero-order valence-corrected chi connectivity index (χ0v) is 9.22. The van der Waals surface area contributed by atoms with Crippen molar-refractivity contribution in [3.63, 3.8) is 0 Å². The first-order valence-corrected chi connectivity index (χ1v) is 4.88. The summed E-state index contributed by atoms with van der Waals surface area (Å²) in [5, 5.41) is 37.9. The Morgan fingerprint density at radius 2 is 1.20 bits per heavy atom. The molecule has 4 nitrogen and oxygen atoms in total. The highest BCUT2D eigenvalue weighted by Crippen LogP contribution is 2.33. The molecule has 0 saturated carbocycles. The Labute approximate surface area is 90.2 Å². The summed E-state index contributed by atoms with van der Waals surface area (Å²) in [6.07, 6.45) is 6.09. The lowest BCUT2D eigenvalue weighted by molar-refractivity contribution is -0.102. The van der Waals surface area contributed by atoms with Gasteiger partial charge in [-0.2, -0.15) is 0 Å². The zero-order valence-electron chi connectivity index (χ0n) is 9.22. The minimum Gasteiger partial charge on any atom is -0.395 e. The molecule has 0 rings (SSSR count). The third-order valence-corrected chi connectivity index (χ3v) is 2.60. The summed E-state index contributed by atoms with van der Waals surface area (Å²) in [6, 6.07) is 0. The van der Waals surface area contributed by atoms with Crippen LogP contribution in [0, 0.1) is 5.41 Å². The van der Waals surface area contributed by atoms with Gasteiger partial charge in [0.2, 0.25) is 0 Å². The van der Waals surface area contributed by atoms with Crippen molar-refractivity contribution < 1.29 is 20.4 Å². The molecule has 0 radical (unpaired) electrons. The molecule has 0 saturated heterocycles. The molecule has 0 aromatic rings. The minimum atomic E-state index is -1.55. The second-order valence-electron chi connectivity index (χ2n) is 3.58. The normalized spacial score (nSPS) is 17.5. The molecule has 4 N–H and O–H groups in total. The Kier molecular flexibility index (Phi) is 5.75. The highest BCUT2D eigenvalue weighted by Gasteiger charge is 2.46. The Hall–Kier alpha value is -0.680. The molecular weight excluding hydrogens is 196 g/mol. The molecule has 0 aliphatic heterocycles. The van der Waals surface area contributed by atoms with Crippen molar-refractivity contribution in [1.29, 1.82) is 0 Å². The lowest BCUT2D eigenvalue weighted by Gasteiger charge is -2.40. The standard InChI is InChI=1S/C11H20O4/c1-3-5-11(15,6-4-2)10(7-12,8-13)9-14/h3-6,12-15H,7-9H2,1-2H3.